The molecule has 2 aromatic heterocycles. The van der Waals surface area contributed by atoms with Crippen molar-refractivity contribution in [1.29, 1.82) is 0 Å². The summed E-state index contributed by atoms with van der Waals surface area (Å²) < 4.78 is 4.88. The fourth-order valence-corrected chi connectivity index (χ4v) is 11.0. The van der Waals surface area contributed by atoms with Gasteiger partial charge in [0.2, 0.25) is 0 Å². The molecule has 14 aromatic rings. The quantitative estimate of drug-likeness (QED) is 0.163. The van der Waals surface area contributed by atoms with Gasteiger partial charge in [-0.3, -0.25) is 0 Å². The summed E-state index contributed by atoms with van der Waals surface area (Å²) in [7, 11) is 0. The van der Waals surface area contributed by atoms with E-state index >= 15 is 0 Å². The molecule has 0 aliphatic carbocycles. The molecule has 0 aliphatic heterocycles. The highest BCUT2D eigenvalue weighted by molar-refractivity contribution is 6.23. The van der Waals surface area contributed by atoms with Crippen LogP contribution in [0.4, 0.5) is 0 Å². The molecule has 306 valence electrons. The first-order chi connectivity index (χ1) is 32.7. The second kappa shape index (κ2) is 14.4. The van der Waals surface area contributed by atoms with Gasteiger partial charge in [0.1, 0.15) is 0 Å². The van der Waals surface area contributed by atoms with Crippen LogP contribution in [0.5, 0.6) is 0 Å². The minimum absolute atomic E-state index is 1.14. The molecule has 0 atom stereocenters. The lowest BCUT2D eigenvalue weighted by atomic mass is 9.96. The van der Waals surface area contributed by atoms with Crippen LogP contribution in [-0.2, 0) is 0 Å². The first kappa shape index (κ1) is 36.7. The second-order valence-corrected chi connectivity index (χ2v) is 17.6. The number of aromatic nitrogens is 2. The molecule has 0 bridgehead atoms. The number of fused-ring (bicyclic) bond motifs is 12. The molecule has 0 saturated heterocycles. The Labute approximate surface area is 381 Å². The average molecular weight is 837 g/mol. The average Bonchev–Trinajstić information content (AvgIpc) is 3.91. The minimum atomic E-state index is 1.14. The monoisotopic (exact) mass is 836 g/mol. The van der Waals surface area contributed by atoms with Crippen LogP contribution in [0.3, 0.4) is 0 Å². The Bertz CT molecular complexity index is 3970. The lowest BCUT2D eigenvalue weighted by Gasteiger charge is -2.12. The van der Waals surface area contributed by atoms with E-state index in [9.17, 15) is 0 Å². The fraction of sp³-hybridized carbons (Fsp3) is 0. The molecule has 0 spiro atoms. The molecule has 0 radical (unpaired) electrons. The Balaban J connectivity index is 0.870. The van der Waals surface area contributed by atoms with Crippen molar-refractivity contribution in [3.63, 3.8) is 0 Å². The summed E-state index contributed by atoms with van der Waals surface area (Å²) in [6, 6.07) is 89.5. The van der Waals surface area contributed by atoms with Crippen molar-refractivity contribution < 1.29 is 0 Å². The van der Waals surface area contributed by atoms with E-state index in [-0.39, 0.29) is 0 Å². The molecular formula is C64H40N2. The normalized spacial score (nSPS) is 11.9. The van der Waals surface area contributed by atoms with Gasteiger partial charge in [0.25, 0.3) is 0 Å². The van der Waals surface area contributed by atoms with Crippen LogP contribution < -0.4 is 0 Å². The Morgan fingerprint density at radius 3 is 0.970 bits per heavy atom. The molecule has 0 saturated carbocycles. The molecule has 2 heterocycles. The third-order valence-electron chi connectivity index (χ3n) is 14.1. The van der Waals surface area contributed by atoms with E-state index in [0.717, 1.165) is 11.4 Å². The summed E-state index contributed by atoms with van der Waals surface area (Å²) in [5, 5.41) is 15.2. The Morgan fingerprint density at radius 2 is 0.545 bits per heavy atom. The molecular weight excluding hydrogens is 797 g/mol. The highest BCUT2D eigenvalue weighted by atomic mass is 15.0. The van der Waals surface area contributed by atoms with Crippen molar-refractivity contribution in [2.75, 3.05) is 0 Å². The third-order valence-corrected chi connectivity index (χ3v) is 14.1. The van der Waals surface area contributed by atoms with Crippen molar-refractivity contribution in [1.82, 2.24) is 9.13 Å². The van der Waals surface area contributed by atoms with E-state index in [4.69, 9.17) is 0 Å². The second-order valence-electron chi connectivity index (χ2n) is 17.6. The highest BCUT2D eigenvalue weighted by Gasteiger charge is 2.19. The summed E-state index contributed by atoms with van der Waals surface area (Å²) in [4.78, 5) is 0. The summed E-state index contributed by atoms with van der Waals surface area (Å²) in [6.07, 6.45) is 0. The van der Waals surface area contributed by atoms with E-state index in [1.165, 1.54) is 120 Å². The van der Waals surface area contributed by atoms with Gasteiger partial charge in [0, 0.05) is 32.9 Å². The first-order valence-electron chi connectivity index (χ1n) is 22.8. The lowest BCUT2D eigenvalue weighted by molar-refractivity contribution is 1.18. The van der Waals surface area contributed by atoms with Crippen LogP contribution in [0.1, 0.15) is 0 Å². The van der Waals surface area contributed by atoms with Gasteiger partial charge < -0.3 is 9.13 Å². The number of rotatable bonds is 5. The van der Waals surface area contributed by atoms with Crippen molar-refractivity contribution in [3.8, 4) is 44.8 Å². The van der Waals surface area contributed by atoms with Crippen molar-refractivity contribution in [2.24, 2.45) is 0 Å². The van der Waals surface area contributed by atoms with Crippen molar-refractivity contribution in [3.05, 3.63) is 243 Å². The van der Waals surface area contributed by atoms with Gasteiger partial charge in [-0.25, -0.2) is 0 Å². The van der Waals surface area contributed by atoms with Gasteiger partial charge in [0.05, 0.1) is 22.1 Å². The van der Waals surface area contributed by atoms with Crippen LogP contribution >= 0.6 is 0 Å². The summed E-state index contributed by atoms with van der Waals surface area (Å²) >= 11 is 0. The van der Waals surface area contributed by atoms with E-state index in [1.54, 1.807) is 0 Å². The molecule has 0 N–H and O–H groups in total. The number of nitrogens with zero attached hydrogens (tertiary/aromatic N) is 2. The SMILES string of the molecule is c1ccc2c(-c3ccc4c(c3)c3c5ccccc5ccc3n4-c3ccc(-c4ccc(-n5c6ccc(-c7cccc8ccccc78)cc6c6c7ccccc7ccc65)cc4)cc3)cccc2c1. The molecule has 12 aromatic carbocycles. The maximum Gasteiger partial charge on any atom is 0.0547 e. The first-order valence-corrected chi connectivity index (χ1v) is 22.8. The number of benzene rings is 12. The van der Waals surface area contributed by atoms with Gasteiger partial charge in [-0.1, -0.05) is 182 Å². The molecule has 14 rings (SSSR count). The highest BCUT2D eigenvalue weighted by Crippen LogP contribution is 2.42. The zero-order valence-corrected chi connectivity index (χ0v) is 36.0. The number of hydrogen-bond donors (Lipinski definition) is 0. The Hall–Kier alpha value is -8.72. The molecule has 0 aliphatic rings. The van der Waals surface area contributed by atoms with E-state index < -0.39 is 0 Å². The fourth-order valence-electron chi connectivity index (χ4n) is 11.0. The largest absolute Gasteiger partial charge is 0.309 e. The van der Waals surface area contributed by atoms with Crippen LogP contribution in [-0.4, -0.2) is 9.13 Å². The number of hydrogen-bond acceptors (Lipinski definition) is 0. The zero-order valence-electron chi connectivity index (χ0n) is 36.0. The van der Waals surface area contributed by atoms with Crippen LogP contribution in [0.2, 0.25) is 0 Å². The Morgan fingerprint density at radius 1 is 0.212 bits per heavy atom. The van der Waals surface area contributed by atoms with Crippen molar-refractivity contribution in [2.45, 2.75) is 0 Å². The van der Waals surface area contributed by atoms with Gasteiger partial charge in [-0.05, 0) is 137 Å². The molecule has 2 nitrogen and oxygen atoms in total. The van der Waals surface area contributed by atoms with Crippen LogP contribution in [0.15, 0.2) is 243 Å². The molecule has 2 heteroatoms. The maximum absolute atomic E-state index is 2.44. The van der Waals surface area contributed by atoms with Crippen LogP contribution in [0.25, 0.3) is 131 Å². The van der Waals surface area contributed by atoms with Gasteiger partial charge >= 0.3 is 0 Å². The summed E-state index contributed by atoms with van der Waals surface area (Å²) in [5.41, 5.74) is 14.4. The van der Waals surface area contributed by atoms with Gasteiger partial charge in [-0.15, -0.1) is 0 Å². The zero-order chi connectivity index (χ0) is 43.3. The molecule has 0 fully saturated rings. The summed E-state index contributed by atoms with van der Waals surface area (Å²) in [6.45, 7) is 0. The predicted octanol–water partition coefficient (Wildman–Crippen LogP) is 17.5. The van der Waals surface area contributed by atoms with Gasteiger partial charge in [0.15, 0.2) is 0 Å². The smallest absolute Gasteiger partial charge is 0.0547 e. The Kier molecular flexibility index (Phi) is 8.02. The van der Waals surface area contributed by atoms with Crippen molar-refractivity contribution >= 4 is 86.7 Å². The standard InChI is InChI=1S/C64H40N2/c1-5-17-51-43(11-1)15-9-21-53(51)47-29-35-59-57(39-47)63-55-19-7-3-13-45(55)27-37-61(63)65(59)49-31-23-41(24-32-49)42-25-33-50(34-26-42)66-60-36-30-48(54-22-10-16-44-12-2-6-18-52(44)54)40-58(60)64-56-20-8-4-14-46(56)28-38-62(64)66/h1-40H. The molecule has 0 amide bonds. The third kappa shape index (κ3) is 5.55. The summed E-state index contributed by atoms with van der Waals surface area (Å²) in [5.74, 6) is 0. The molecule has 0 unspecified atom stereocenters. The topological polar surface area (TPSA) is 9.86 Å². The predicted molar refractivity (Wildman–Crippen MR) is 281 cm³/mol. The van der Waals surface area contributed by atoms with E-state index in [0.29, 0.717) is 0 Å². The van der Waals surface area contributed by atoms with Crippen LogP contribution in [0, 0.1) is 0 Å². The maximum atomic E-state index is 2.44. The van der Waals surface area contributed by atoms with E-state index in [1.807, 2.05) is 0 Å². The molecule has 66 heavy (non-hydrogen) atoms. The lowest BCUT2D eigenvalue weighted by Crippen LogP contribution is -1.95. The minimum Gasteiger partial charge on any atom is -0.309 e. The van der Waals surface area contributed by atoms with E-state index in [2.05, 4.69) is 252 Å². The van der Waals surface area contributed by atoms with Gasteiger partial charge in [-0.2, -0.15) is 0 Å².